The number of amides is 1. The Morgan fingerprint density at radius 2 is 1.91 bits per heavy atom. The first-order chi connectivity index (χ1) is 11.1. The number of hydrogen-bond acceptors (Lipinski definition) is 4. The quantitative estimate of drug-likeness (QED) is 0.726. The molecule has 116 valence electrons. The fraction of sp³-hybridized carbons (Fsp3) is 0.0625. The molecule has 0 saturated carbocycles. The minimum atomic E-state index is -0.213. The molecule has 3 rings (SSSR count). The Labute approximate surface area is 145 Å². The van der Waals surface area contributed by atoms with Crippen LogP contribution in [0.5, 0.6) is 0 Å². The van der Waals surface area contributed by atoms with Crippen molar-refractivity contribution in [2.75, 3.05) is 0 Å². The van der Waals surface area contributed by atoms with Crippen LogP contribution in [-0.4, -0.2) is 16.0 Å². The smallest absolute Gasteiger partial charge is 0.251 e. The molecule has 1 N–H and O–H groups in total. The molecule has 1 amide bonds. The van der Waals surface area contributed by atoms with Gasteiger partial charge < -0.3 is 9.84 Å². The molecular formula is C16H11BrClN3O2. The summed E-state index contributed by atoms with van der Waals surface area (Å²) in [5.41, 5.74) is 1.24. The van der Waals surface area contributed by atoms with E-state index in [9.17, 15) is 4.79 Å². The zero-order chi connectivity index (χ0) is 16.2. The maximum absolute atomic E-state index is 12.0. The molecule has 0 bridgehead atoms. The van der Waals surface area contributed by atoms with Gasteiger partial charge in [-0.05, 0) is 36.4 Å². The van der Waals surface area contributed by atoms with Crippen LogP contribution in [0.2, 0.25) is 5.02 Å². The first-order valence-corrected chi connectivity index (χ1v) is 7.92. The third kappa shape index (κ3) is 3.78. The summed E-state index contributed by atoms with van der Waals surface area (Å²) in [6.45, 7) is 0.145. The lowest BCUT2D eigenvalue weighted by Crippen LogP contribution is -2.22. The highest BCUT2D eigenvalue weighted by Gasteiger charge is 2.12. The second-order valence-electron chi connectivity index (χ2n) is 4.68. The number of carbonyl (C=O) groups is 1. The highest BCUT2D eigenvalue weighted by molar-refractivity contribution is 9.10. The third-order valence-corrected chi connectivity index (χ3v) is 3.95. The van der Waals surface area contributed by atoms with Gasteiger partial charge in [0.15, 0.2) is 0 Å². The maximum atomic E-state index is 12.0. The van der Waals surface area contributed by atoms with Crippen LogP contribution in [0, 0.1) is 0 Å². The van der Waals surface area contributed by atoms with E-state index in [0.717, 1.165) is 4.47 Å². The SMILES string of the molecule is O=C(NCc1nc(-c2ccccc2Cl)no1)c1ccc(Br)cc1. The molecule has 0 aliphatic rings. The van der Waals surface area contributed by atoms with Crippen molar-refractivity contribution < 1.29 is 9.32 Å². The Bertz CT molecular complexity index is 833. The van der Waals surface area contributed by atoms with Gasteiger partial charge in [0.2, 0.25) is 11.7 Å². The lowest BCUT2D eigenvalue weighted by molar-refractivity contribution is 0.0946. The van der Waals surface area contributed by atoms with E-state index in [1.165, 1.54) is 0 Å². The summed E-state index contributed by atoms with van der Waals surface area (Å²) >= 11 is 9.42. The normalized spacial score (nSPS) is 10.5. The number of halogens is 2. The van der Waals surface area contributed by atoms with Crippen molar-refractivity contribution in [3.63, 3.8) is 0 Å². The Balaban J connectivity index is 1.67. The van der Waals surface area contributed by atoms with Crippen LogP contribution >= 0.6 is 27.5 Å². The monoisotopic (exact) mass is 391 g/mol. The Morgan fingerprint density at radius 1 is 1.17 bits per heavy atom. The molecule has 1 aromatic heterocycles. The Kier molecular flexibility index (Phi) is 4.73. The zero-order valence-electron chi connectivity index (χ0n) is 11.8. The molecular weight excluding hydrogens is 382 g/mol. The third-order valence-electron chi connectivity index (χ3n) is 3.09. The summed E-state index contributed by atoms with van der Waals surface area (Å²) in [6, 6.07) is 14.3. The lowest BCUT2D eigenvalue weighted by atomic mass is 10.2. The topological polar surface area (TPSA) is 68.0 Å². The molecule has 0 spiro atoms. The van der Waals surface area contributed by atoms with Crippen LogP contribution in [-0.2, 0) is 6.54 Å². The summed E-state index contributed by atoms with van der Waals surface area (Å²) in [7, 11) is 0. The zero-order valence-corrected chi connectivity index (χ0v) is 14.1. The predicted molar refractivity (Wildman–Crippen MR) is 90.1 cm³/mol. The Hall–Kier alpha value is -2.18. The molecule has 1 heterocycles. The average Bonchev–Trinajstić information content (AvgIpc) is 3.02. The summed E-state index contributed by atoms with van der Waals surface area (Å²) < 4.78 is 6.05. The molecule has 0 aliphatic heterocycles. The van der Waals surface area contributed by atoms with Crippen LogP contribution in [0.25, 0.3) is 11.4 Å². The average molecular weight is 393 g/mol. The minimum Gasteiger partial charge on any atom is -0.343 e. The molecule has 0 unspecified atom stereocenters. The molecule has 0 radical (unpaired) electrons. The largest absolute Gasteiger partial charge is 0.343 e. The number of benzene rings is 2. The van der Waals surface area contributed by atoms with Crippen LogP contribution in [0.4, 0.5) is 0 Å². The molecule has 23 heavy (non-hydrogen) atoms. The molecule has 0 fully saturated rings. The molecule has 2 aromatic carbocycles. The van der Waals surface area contributed by atoms with Crippen LogP contribution in [0.15, 0.2) is 57.5 Å². The van der Waals surface area contributed by atoms with Crippen molar-refractivity contribution >= 4 is 33.4 Å². The predicted octanol–water partition coefficient (Wildman–Crippen LogP) is 4.08. The summed E-state index contributed by atoms with van der Waals surface area (Å²) in [5, 5.41) is 7.15. The number of rotatable bonds is 4. The van der Waals surface area contributed by atoms with Crippen molar-refractivity contribution in [3.8, 4) is 11.4 Å². The molecule has 5 nitrogen and oxygen atoms in total. The lowest BCUT2D eigenvalue weighted by Gasteiger charge is -2.02. The van der Waals surface area contributed by atoms with Gasteiger partial charge in [-0.25, -0.2) is 0 Å². The highest BCUT2D eigenvalue weighted by Crippen LogP contribution is 2.24. The van der Waals surface area contributed by atoms with Gasteiger partial charge in [0, 0.05) is 15.6 Å². The van der Waals surface area contributed by atoms with Gasteiger partial charge >= 0.3 is 0 Å². The molecule has 0 atom stereocenters. The summed E-state index contributed by atoms with van der Waals surface area (Å²) in [5.74, 6) is 0.490. The van der Waals surface area contributed by atoms with E-state index in [1.54, 1.807) is 36.4 Å². The first kappa shape index (κ1) is 15.7. The van der Waals surface area contributed by atoms with E-state index < -0.39 is 0 Å². The van der Waals surface area contributed by atoms with E-state index in [-0.39, 0.29) is 12.5 Å². The molecule has 7 heteroatoms. The molecule has 0 aliphatic carbocycles. The van der Waals surface area contributed by atoms with E-state index >= 15 is 0 Å². The van der Waals surface area contributed by atoms with Crippen molar-refractivity contribution in [1.82, 2.24) is 15.5 Å². The van der Waals surface area contributed by atoms with Gasteiger partial charge in [0.1, 0.15) is 0 Å². The van der Waals surface area contributed by atoms with Gasteiger partial charge in [0.25, 0.3) is 5.91 Å². The van der Waals surface area contributed by atoms with Crippen molar-refractivity contribution in [2.45, 2.75) is 6.54 Å². The number of aromatic nitrogens is 2. The van der Waals surface area contributed by atoms with Gasteiger partial charge in [-0.2, -0.15) is 4.98 Å². The second kappa shape index (κ2) is 6.93. The number of nitrogens with one attached hydrogen (secondary N) is 1. The fourth-order valence-corrected chi connectivity index (χ4v) is 2.42. The number of nitrogens with zero attached hydrogens (tertiary/aromatic N) is 2. The van der Waals surface area contributed by atoms with Gasteiger partial charge in [-0.15, -0.1) is 0 Å². The van der Waals surface area contributed by atoms with Gasteiger partial charge in [-0.3, -0.25) is 4.79 Å². The van der Waals surface area contributed by atoms with Gasteiger partial charge in [0.05, 0.1) is 11.6 Å². The highest BCUT2D eigenvalue weighted by atomic mass is 79.9. The first-order valence-electron chi connectivity index (χ1n) is 6.75. The summed E-state index contributed by atoms with van der Waals surface area (Å²) in [4.78, 5) is 16.3. The summed E-state index contributed by atoms with van der Waals surface area (Å²) in [6.07, 6.45) is 0. The Morgan fingerprint density at radius 3 is 2.65 bits per heavy atom. The van der Waals surface area contributed by atoms with E-state index in [0.29, 0.717) is 27.9 Å². The maximum Gasteiger partial charge on any atom is 0.251 e. The minimum absolute atomic E-state index is 0.145. The van der Waals surface area contributed by atoms with Crippen LogP contribution in [0.3, 0.4) is 0 Å². The van der Waals surface area contributed by atoms with Gasteiger partial charge in [-0.1, -0.05) is 44.8 Å². The van der Waals surface area contributed by atoms with Crippen LogP contribution in [0.1, 0.15) is 16.2 Å². The fourth-order valence-electron chi connectivity index (χ4n) is 1.94. The van der Waals surface area contributed by atoms with Crippen molar-refractivity contribution in [2.24, 2.45) is 0 Å². The van der Waals surface area contributed by atoms with Crippen molar-refractivity contribution in [1.29, 1.82) is 0 Å². The standard InChI is InChI=1S/C16H11BrClN3O2/c17-11-7-5-10(6-8-11)16(22)19-9-14-20-15(21-23-14)12-3-1-2-4-13(12)18/h1-8H,9H2,(H,19,22). The molecule has 3 aromatic rings. The number of carbonyl (C=O) groups excluding carboxylic acids is 1. The van der Waals surface area contributed by atoms with E-state index in [2.05, 4.69) is 31.4 Å². The van der Waals surface area contributed by atoms with E-state index in [1.807, 2.05) is 12.1 Å². The van der Waals surface area contributed by atoms with E-state index in [4.69, 9.17) is 16.1 Å². The van der Waals surface area contributed by atoms with Crippen LogP contribution < -0.4 is 5.32 Å². The number of hydrogen-bond donors (Lipinski definition) is 1. The second-order valence-corrected chi connectivity index (χ2v) is 6.00. The molecule has 0 saturated heterocycles. The van der Waals surface area contributed by atoms with Crippen molar-refractivity contribution in [3.05, 3.63) is 69.5 Å².